The number of epoxide rings is 1. The largest absolute Gasteiger partial charge is 0.459 e. The molecule has 1 aliphatic carbocycles. The predicted molar refractivity (Wildman–Crippen MR) is 217 cm³/mol. The van der Waals surface area contributed by atoms with Gasteiger partial charge >= 0.3 is 5.97 Å². The number of aliphatic hydroxyl groups is 1. The van der Waals surface area contributed by atoms with Crippen LogP contribution in [0.2, 0.25) is 0 Å². The highest BCUT2D eigenvalue weighted by atomic mass is 16.6. The topological polar surface area (TPSA) is 202 Å². The van der Waals surface area contributed by atoms with Crippen LogP contribution >= 0.6 is 0 Å². The Hall–Kier alpha value is -4.18. The maximum Gasteiger partial charge on any atom is 0.303 e. The third-order valence-electron chi connectivity index (χ3n) is 12.0. The molecular weight excluding hydrogens is 761 g/mol. The Morgan fingerprint density at radius 1 is 0.949 bits per heavy atom. The van der Waals surface area contributed by atoms with E-state index in [1.807, 2.05) is 26.0 Å². The number of unbranched alkanes of at least 4 members (excludes halogenated alkanes) is 2. The molecule has 1 saturated carbocycles. The average molecular weight is 825 g/mol. The quantitative estimate of drug-likeness (QED) is 0.0394. The lowest BCUT2D eigenvalue weighted by Gasteiger charge is -2.39. The van der Waals surface area contributed by atoms with Crippen LogP contribution in [0.15, 0.2) is 48.1 Å². The molecule has 5 rings (SSSR count). The smallest absolute Gasteiger partial charge is 0.303 e. The van der Waals surface area contributed by atoms with E-state index < -0.39 is 36.0 Å². The van der Waals surface area contributed by atoms with Gasteiger partial charge < -0.3 is 40.0 Å². The fourth-order valence-corrected chi connectivity index (χ4v) is 8.45. The molecular formula is C44H64N4O11. The van der Waals surface area contributed by atoms with Crippen molar-refractivity contribution in [1.29, 1.82) is 0 Å². The minimum atomic E-state index is -0.852. The minimum Gasteiger partial charge on any atom is -0.459 e. The summed E-state index contributed by atoms with van der Waals surface area (Å²) in [7, 11) is 0. The highest BCUT2D eigenvalue weighted by Gasteiger charge is 2.58. The van der Waals surface area contributed by atoms with E-state index in [1.165, 1.54) is 30.1 Å². The number of amides is 5. The Labute approximate surface area is 347 Å². The van der Waals surface area contributed by atoms with Crippen molar-refractivity contribution in [3.8, 4) is 0 Å². The van der Waals surface area contributed by atoms with Crippen molar-refractivity contribution in [2.24, 2.45) is 5.92 Å². The lowest BCUT2D eigenvalue weighted by atomic mass is 9.87. The van der Waals surface area contributed by atoms with E-state index in [0.717, 1.165) is 44.1 Å². The molecule has 0 aromatic heterocycles. The Bertz CT molecular complexity index is 1630. The zero-order valence-corrected chi connectivity index (χ0v) is 35.2. The highest BCUT2D eigenvalue weighted by molar-refractivity contribution is 6.12. The van der Waals surface area contributed by atoms with E-state index >= 15 is 0 Å². The number of carbonyl (C=O) groups is 6. The zero-order chi connectivity index (χ0) is 42.7. The molecule has 0 aromatic rings. The summed E-state index contributed by atoms with van der Waals surface area (Å²) >= 11 is 0. The maximum atomic E-state index is 13.2. The van der Waals surface area contributed by atoms with E-state index in [1.54, 1.807) is 13.0 Å². The van der Waals surface area contributed by atoms with E-state index in [4.69, 9.17) is 18.9 Å². The number of hydrogen-bond donors (Lipinski definition) is 4. The number of esters is 1. The summed E-state index contributed by atoms with van der Waals surface area (Å²) in [5.74, 6) is -1.16. The normalized spacial score (nSPS) is 32.7. The number of carbonyl (C=O) groups excluding carboxylic acids is 6. The first-order valence-electron chi connectivity index (χ1n) is 21.4. The second-order valence-corrected chi connectivity index (χ2v) is 17.0. The number of ether oxygens (including phenoxy) is 4. The van der Waals surface area contributed by atoms with Crippen molar-refractivity contribution in [3.63, 3.8) is 0 Å². The van der Waals surface area contributed by atoms with Crippen LogP contribution < -0.4 is 16.0 Å². The summed E-state index contributed by atoms with van der Waals surface area (Å²) in [6.07, 6.45) is 16.3. The summed E-state index contributed by atoms with van der Waals surface area (Å²) < 4.78 is 23.4. The van der Waals surface area contributed by atoms with Crippen LogP contribution in [0.25, 0.3) is 0 Å². The third kappa shape index (κ3) is 13.9. The second kappa shape index (κ2) is 21.4. The van der Waals surface area contributed by atoms with Gasteiger partial charge in [-0.1, -0.05) is 37.1 Å². The zero-order valence-electron chi connectivity index (χ0n) is 35.2. The van der Waals surface area contributed by atoms with Crippen LogP contribution in [0.3, 0.4) is 0 Å². The van der Waals surface area contributed by atoms with Gasteiger partial charge in [0, 0.05) is 56.6 Å². The predicted octanol–water partition coefficient (Wildman–Crippen LogP) is 3.39. The summed E-state index contributed by atoms with van der Waals surface area (Å²) in [4.78, 5) is 73.8. The van der Waals surface area contributed by atoms with Crippen molar-refractivity contribution in [2.45, 2.75) is 172 Å². The molecule has 0 radical (unpaired) electrons. The number of nitrogens with zero attached hydrogens (tertiary/aromatic N) is 1. The molecule has 4 aliphatic heterocycles. The second-order valence-electron chi connectivity index (χ2n) is 17.0. The van der Waals surface area contributed by atoms with Crippen molar-refractivity contribution >= 4 is 35.5 Å². The van der Waals surface area contributed by atoms with E-state index in [0.29, 0.717) is 45.3 Å². The Balaban J connectivity index is 0.990. The number of imide groups is 1. The highest BCUT2D eigenvalue weighted by Crippen LogP contribution is 2.43. The first kappa shape index (κ1) is 45.9. The van der Waals surface area contributed by atoms with Crippen LogP contribution in [-0.2, 0) is 47.7 Å². The lowest BCUT2D eigenvalue weighted by molar-refractivity contribution is -0.146. The van der Waals surface area contributed by atoms with E-state index in [2.05, 4.69) is 29.0 Å². The van der Waals surface area contributed by atoms with Gasteiger partial charge in [-0.15, -0.1) is 0 Å². The molecule has 59 heavy (non-hydrogen) atoms. The molecule has 9 atom stereocenters. The number of nitrogens with one attached hydrogen (secondary N) is 3. The third-order valence-corrected chi connectivity index (χ3v) is 12.0. The summed E-state index contributed by atoms with van der Waals surface area (Å²) in [5.41, 5.74) is 0.270. The van der Waals surface area contributed by atoms with Crippen molar-refractivity contribution < 1.29 is 52.8 Å². The Morgan fingerprint density at radius 2 is 1.61 bits per heavy atom. The van der Waals surface area contributed by atoms with Crippen LogP contribution in [0.5, 0.6) is 0 Å². The number of aliphatic hydroxyl groups excluding tert-OH is 1. The van der Waals surface area contributed by atoms with Crippen LogP contribution in [-0.4, -0.2) is 119 Å². The van der Waals surface area contributed by atoms with Crippen LogP contribution in [0.4, 0.5) is 0 Å². The molecule has 15 heteroatoms. The van der Waals surface area contributed by atoms with Gasteiger partial charge in [0.1, 0.15) is 23.9 Å². The molecule has 5 aliphatic rings. The van der Waals surface area contributed by atoms with Gasteiger partial charge in [0.05, 0.1) is 37.4 Å². The monoisotopic (exact) mass is 824 g/mol. The van der Waals surface area contributed by atoms with Crippen molar-refractivity contribution in [1.82, 2.24) is 20.9 Å². The fourth-order valence-electron chi connectivity index (χ4n) is 8.45. The standard InChI is InChI=1S/C44H64N4O11/c1-27(10-17-36-28(2)23-35(30(4)58-36)47-39(51)19-12-29(3)57-31(5)49)11-18-37-43(55)44(26-56-44)25-34(59-37)24-40(52)46-33-15-13-32(14-16-33)45-38(50)9-7-6-8-22-48-41(53)20-21-42(48)54/h10-12,18-21,28-30,32-37,43,55H,6-9,13-17,22-26H2,1-5H3,(H,45,50)(H,46,52)(H,47,51)/b18-11+,19-12-,27-10+/t28-,29-,30+,32?,33?,34+,35+,36-,37+,43+,44?/m0/s1. The van der Waals surface area contributed by atoms with Crippen LogP contribution in [0, 0.1) is 5.92 Å². The summed E-state index contributed by atoms with van der Waals surface area (Å²) in [5, 5.41) is 20.4. The Morgan fingerprint density at radius 3 is 2.25 bits per heavy atom. The molecule has 3 saturated heterocycles. The molecule has 0 bridgehead atoms. The van der Waals surface area contributed by atoms with Gasteiger partial charge in [-0.25, -0.2) is 0 Å². The van der Waals surface area contributed by atoms with Gasteiger partial charge in [0.25, 0.3) is 11.8 Å². The van der Waals surface area contributed by atoms with Crippen LogP contribution in [0.1, 0.15) is 112 Å². The molecule has 1 unspecified atom stereocenters. The maximum absolute atomic E-state index is 13.2. The molecule has 15 nitrogen and oxygen atoms in total. The first-order valence-corrected chi connectivity index (χ1v) is 21.4. The lowest BCUT2D eigenvalue weighted by Crippen LogP contribution is -2.51. The summed E-state index contributed by atoms with van der Waals surface area (Å²) in [6.45, 7) is 9.84. The molecule has 326 valence electrons. The number of allylic oxidation sites excluding steroid dienone is 2. The van der Waals surface area contributed by atoms with Gasteiger partial charge in [0.15, 0.2) is 0 Å². The SMILES string of the molecule is CC(=O)O[C@@H](C)/C=C\C(=O)N[C@@H]1C[C@H](C)[C@H](C/C=C(C)/C=C/[C@H]2O[C@H](CC(=O)NC3CCC(NC(=O)CCCCCN4C(=O)C=CC4=O)CC3)CC3(CO3)[C@@H]2O)O[C@@H]1C. The van der Waals surface area contributed by atoms with Gasteiger partial charge in [-0.2, -0.15) is 0 Å². The molecule has 4 N–H and O–H groups in total. The van der Waals surface area contributed by atoms with Gasteiger partial charge in [-0.05, 0) is 84.1 Å². The van der Waals surface area contributed by atoms with E-state index in [-0.39, 0.29) is 72.2 Å². The summed E-state index contributed by atoms with van der Waals surface area (Å²) in [6, 6.07) is -0.0735. The molecule has 0 aromatic carbocycles. The molecule has 4 heterocycles. The minimum absolute atomic E-state index is 0.00510. The molecule has 5 amide bonds. The fraction of sp³-hybridized carbons (Fsp3) is 0.682. The first-order chi connectivity index (χ1) is 28.1. The van der Waals surface area contributed by atoms with E-state index in [9.17, 15) is 33.9 Å². The number of hydrogen-bond acceptors (Lipinski definition) is 11. The van der Waals surface area contributed by atoms with Crippen molar-refractivity contribution in [3.05, 3.63) is 48.1 Å². The number of rotatable bonds is 18. The van der Waals surface area contributed by atoms with Gasteiger partial charge in [-0.3, -0.25) is 33.7 Å². The van der Waals surface area contributed by atoms with Gasteiger partial charge in [0.2, 0.25) is 17.7 Å². The van der Waals surface area contributed by atoms with Crippen molar-refractivity contribution in [2.75, 3.05) is 13.2 Å². The Kier molecular flexibility index (Phi) is 16.6. The average Bonchev–Trinajstić information content (AvgIpc) is 3.88. The molecule has 4 fully saturated rings. The molecule has 1 spiro atoms.